The Labute approximate surface area is 253 Å². The maximum Gasteiger partial charge on any atom is 0.407 e. The number of carbonyl (C=O) groups excluding carboxylic acids is 1. The smallest absolute Gasteiger partial charge is 0.407 e. The van der Waals surface area contributed by atoms with Gasteiger partial charge in [-0.1, -0.05) is 12.1 Å². The lowest BCUT2D eigenvalue weighted by molar-refractivity contribution is -0.0322. The van der Waals surface area contributed by atoms with Gasteiger partial charge < -0.3 is 24.5 Å². The predicted molar refractivity (Wildman–Crippen MR) is 157 cm³/mol. The summed E-state index contributed by atoms with van der Waals surface area (Å²) in [4.78, 5) is 34.0. The average Bonchev–Trinajstić information content (AvgIpc) is 3.74. The Morgan fingerprint density at radius 2 is 2.02 bits per heavy atom. The number of ether oxygens (including phenoxy) is 3. The molecular formula is C30H30F3N7O5. The number of halogens is 3. The minimum atomic E-state index is -2.73. The topological polar surface area (TPSA) is 130 Å². The highest BCUT2D eigenvalue weighted by molar-refractivity contribution is 6.14. The number of aryl methyl sites for hydroxylation is 1. The molecule has 4 atom stereocenters. The molecule has 1 aliphatic carbocycles. The minimum absolute atomic E-state index is 0.0228. The molecule has 45 heavy (non-hydrogen) atoms. The molecule has 5 aromatic rings. The lowest BCUT2D eigenvalue weighted by atomic mass is 9.99. The molecule has 3 aliphatic rings. The second kappa shape index (κ2) is 11.0. The third-order valence-electron chi connectivity index (χ3n) is 8.55. The highest BCUT2D eigenvalue weighted by atomic mass is 19.3. The van der Waals surface area contributed by atoms with Crippen LogP contribution in [0.1, 0.15) is 25.8 Å². The summed E-state index contributed by atoms with van der Waals surface area (Å²) in [5, 5.41) is 7.08. The summed E-state index contributed by atoms with van der Waals surface area (Å²) in [6.45, 7) is 1.32. The van der Waals surface area contributed by atoms with Gasteiger partial charge in [0.2, 0.25) is 5.95 Å². The lowest BCUT2D eigenvalue weighted by Crippen LogP contribution is -2.42. The van der Waals surface area contributed by atoms with Crippen LogP contribution >= 0.6 is 0 Å². The van der Waals surface area contributed by atoms with E-state index in [9.17, 15) is 18.4 Å². The molecule has 0 radical (unpaired) electrons. The van der Waals surface area contributed by atoms with Crippen LogP contribution in [0.15, 0.2) is 41.5 Å². The van der Waals surface area contributed by atoms with Gasteiger partial charge in [0.15, 0.2) is 0 Å². The Balaban J connectivity index is 1.52. The zero-order valence-corrected chi connectivity index (χ0v) is 24.6. The summed E-state index contributed by atoms with van der Waals surface area (Å²) in [5.74, 6) is -0.368. The van der Waals surface area contributed by atoms with E-state index in [0.717, 1.165) is 4.68 Å². The van der Waals surface area contributed by atoms with Gasteiger partial charge in [0.05, 0.1) is 59.2 Å². The number of pyridine rings is 1. The number of hydrogen-bond acceptors (Lipinski definition) is 7. The molecule has 2 aliphatic heterocycles. The van der Waals surface area contributed by atoms with Crippen LogP contribution in [0.4, 0.5) is 18.0 Å². The Morgan fingerprint density at radius 3 is 2.76 bits per heavy atom. The fourth-order valence-corrected chi connectivity index (χ4v) is 6.57. The van der Waals surface area contributed by atoms with Crippen molar-refractivity contribution in [3.05, 3.63) is 53.1 Å². The molecule has 0 spiro atoms. The standard InChI is InChI=1S/C30H30F3N7O5/c1-14-13-44-17-6-4-15(5-7-17)23-24-26-20(10-34-28(24)36-25(23)18-11-39(12-22(31)32)37-27(18)33)38(2)30(42)40(26)16-8-19(21(9-16)45-14)35-29(41)43-3/h4-7,10-11,14,16,19,21-22H,8-9,12-13H2,1-3H3,(H,34,36)(H,35,41)/t14-,16-,19-,21+/m0/s1. The van der Waals surface area contributed by atoms with E-state index in [4.69, 9.17) is 14.2 Å². The number of amides is 1. The molecule has 1 aromatic carbocycles. The zero-order valence-electron chi connectivity index (χ0n) is 24.6. The normalized spacial score (nSPS) is 21.4. The number of imidazole rings is 1. The third-order valence-corrected chi connectivity index (χ3v) is 8.55. The maximum atomic E-state index is 15.3. The first-order chi connectivity index (χ1) is 21.6. The van der Waals surface area contributed by atoms with Crippen LogP contribution in [0.25, 0.3) is 44.5 Å². The van der Waals surface area contributed by atoms with Gasteiger partial charge in [0.25, 0.3) is 6.43 Å². The van der Waals surface area contributed by atoms with E-state index in [-0.39, 0.29) is 29.7 Å². The van der Waals surface area contributed by atoms with Crippen molar-refractivity contribution in [1.29, 1.82) is 0 Å². The molecular weight excluding hydrogens is 595 g/mol. The SMILES string of the molecule is COC(=O)N[C@H]1C[C@H]2C[C@H]1O[C@@H](C)COc1ccc(cc1)-c1c(-c3cn(CC(F)F)nc3F)[nH]c3ncc4c(c13)n2c(=O)n4C. The highest BCUT2D eigenvalue weighted by Gasteiger charge is 2.40. The van der Waals surface area contributed by atoms with Gasteiger partial charge in [0, 0.05) is 24.8 Å². The molecule has 2 N–H and O–H groups in total. The molecule has 15 heteroatoms. The molecule has 4 aromatic heterocycles. The number of fused-ring (bicyclic) bond motifs is 5. The van der Waals surface area contributed by atoms with Crippen molar-refractivity contribution in [3.63, 3.8) is 0 Å². The molecule has 1 saturated carbocycles. The number of aromatic nitrogens is 6. The van der Waals surface area contributed by atoms with Crippen LogP contribution in [0, 0.1) is 5.95 Å². The average molecular weight is 626 g/mol. The van der Waals surface area contributed by atoms with Crippen molar-refractivity contribution >= 4 is 28.2 Å². The number of nitrogens with zero attached hydrogens (tertiary/aromatic N) is 5. The number of nitrogens with one attached hydrogen (secondary N) is 2. The number of alkyl carbamates (subject to hydrolysis) is 1. The van der Waals surface area contributed by atoms with Gasteiger partial charge >= 0.3 is 11.8 Å². The summed E-state index contributed by atoms with van der Waals surface area (Å²) in [5.41, 5.74) is 2.56. The second-order valence-corrected chi connectivity index (χ2v) is 11.4. The molecule has 236 valence electrons. The van der Waals surface area contributed by atoms with Gasteiger partial charge in [-0.15, -0.1) is 5.10 Å². The van der Waals surface area contributed by atoms with E-state index in [2.05, 4.69) is 20.4 Å². The molecule has 1 fully saturated rings. The van der Waals surface area contributed by atoms with Crippen LogP contribution in [0.5, 0.6) is 5.75 Å². The van der Waals surface area contributed by atoms with Crippen molar-refractivity contribution in [2.24, 2.45) is 7.05 Å². The number of rotatable bonds is 4. The van der Waals surface area contributed by atoms with E-state index < -0.39 is 43.2 Å². The maximum absolute atomic E-state index is 15.3. The molecule has 0 unspecified atom stereocenters. The number of carbonyl (C=O) groups is 1. The number of H-pyrrole nitrogens is 1. The molecule has 6 heterocycles. The van der Waals surface area contributed by atoms with Crippen LogP contribution in [-0.2, 0) is 23.1 Å². The number of hydrogen-bond donors (Lipinski definition) is 2. The van der Waals surface area contributed by atoms with Crippen LogP contribution in [0.3, 0.4) is 0 Å². The molecule has 12 nitrogen and oxygen atoms in total. The lowest BCUT2D eigenvalue weighted by Gasteiger charge is -2.24. The summed E-state index contributed by atoms with van der Waals surface area (Å²) >= 11 is 0. The summed E-state index contributed by atoms with van der Waals surface area (Å²) in [6, 6.07) is 6.27. The fraction of sp³-hybridized carbons (Fsp3) is 0.400. The molecule has 1 amide bonds. The Hall–Kier alpha value is -4.79. The summed E-state index contributed by atoms with van der Waals surface area (Å²) < 4.78 is 63.0. The van der Waals surface area contributed by atoms with Gasteiger partial charge in [-0.05, 0) is 37.5 Å². The summed E-state index contributed by atoms with van der Waals surface area (Å²) in [7, 11) is 2.93. The molecule has 8 rings (SSSR count). The zero-order chi connectivity index (χ0) is 31.6. The predicted octanol–water partition coefficient (Wildman–Crippen LogP) is 4.38. The van der Waals surface area contributed by atoms with Crippen molar-refractivity contribution in [2.45, 2.75) is 57.0 Å². The first-order valence-electron chi connectivity index (χ1n) is 14.5. The number of aromatic amines is 1. The first-order valence-corrected chi connectivity index (χ1v) is 14.5. The largest absolute Gasteiger partial charge is 0.491 e. The number of alkyl halides is 2. The van der Waals surface area contributed by atoms with Crippen LogP contribution < -0.4 is 15.7 Å². The van der Waals surface area contributed by atoms with E-state index in [1.54, 1.807) is 42.1 Å². The van der Waals surface area contributed by atoms with E-state index in [0.29, 0.717) is 51.8 Å². The van der Waals surface area contributed by atoms with Gasteiger partial charge in [0.1, 0.15) is 24.5 Å². The first kappa shape index (κ1) is 29.0. The summed E-state index contributed by atoms with van der Waals surface area (Å²) in [6.07, 6.45) is -0.599. The Bertz CT molecular complexity index is 1980. The van der Waals surface area contributed by atoms with E-state index >= 15 is 4.39 Å². The van der Waals surface area contributed by atoms with E-state index in [1.165, 1.54) is 17.9 Å². The van der Waals surface area contributed by atoms with Crippen molar-refractivity contribution in [1.82, 2.24) is 34.2 Å². The minimum Gasteiger partial charge on any atom is -0.491 e. The Kier molecular flexibility index (Phi) is 7.06. The second-order valence-electron chi connectivity index (χ2n) is 11.4. The number of methoxy groups -OCH3 is 1. The van der Waals surface area contributed by atoms with Crippen molar-refractivity contribution in [2.75, 3.05) is 13.7 Å². The fourth-order valence-electron chi connectivity index (χ4n) is 6.57. The molecule has 0 saturated heterocycles. The highest BCUT2D eigenvalue weighted by Crippen LogP contribution is 2.44. The Morgan fingerprint density at radius 1 is 1.24 bits per heavy atom. The molecule has 4 bridgehead atoms. The monoisotopic (exact) mass is 625 g/mol. The van der Waals surface area contributed by atoms with Crippen LogP contribution in [0.2, 0.25) is 0 Å². The van der Waals surface area contributed by atoms with Crippen molar-refractivity contribution < 1.29 is 32.2 Å². The van der Waals surface area contributed by atoms with Crippen LogP contribution in [-0.4, -0.2) is 73.4 Å². The van der Waals surface area contributed by atoms with E-state index in [1.807, 2.05) is 6.92 Å². The van der Waals surface area contributed by atoms with Gasteiger partial charge in [-0.25, -0.2) is 23.4 Å². The van der Waals surface area contributed by atoms with Crippen molar-refractivity contribution in [3.8, 4) is 28.1 Å². The number of benzene rings is 1. The van der Waals surface area contributed by atoms with Gasteiger partial charge in [-0.3, -0.25) is 13.8 Å². The van der Waals surface area contributed by atoms with Gasteiger partial charge in [-0.2, -0.15) is 4.39 Å². The quantitative estimate of drug-likeness (QED) is 0.303. The third kappa shape index (κ3) is 4.90.